The number of nitrogens with one attached hydrogen (secondary N) is 2. The van der Waals surface area contributed by atoms with Gasteiger partial charge in [-0.1, -0.05) is 22.0 Å². The summed E-state index contributed by atoms with van der Waals surface area (Å²) < 4.78 is 1.88. The molecule has 1 aromatic carbocycles. The Kier molecular flexibility index (Phi) is 5.62. The summed E-state index contributed by atoms with van der Waals surface area (Å²) in [5, 5.41) is 3.20. The van der Waals surface area contributed by atoms with Crippen molar-refractivity contribution in [3.05, 3.63) is 73.6 Å². The van der Waals surface area contributed by atoms with Gasteiger partial charge >= 0.3 is 5.69 Å². The number of benzene rings is 1. The van der Waals surface area contributed by atoms with Crippen LogP contribution in [0.2, 0.25) is 0 Å². The zero-order valence-corrected chi connectivity index (χ0v) is 15.5. The first-order chi connectivity index (χ1) is 12.5. The summed E-state index contributed by atoms with van der Waals surface area (Å²) in [5.74, 6) is -0.149. The Morgan fingerprint density at radius 1 is 1.23 bits per heavy atom. The van der Waals surface area contributed by atoms with E-state index in [1.807, 2.05) is 18.2 Å². The van der Waals surface area contributed by atoms with Gasteiger partial charge < -0.3 is 10.3 Å². The first kappa shape index (κ1) is 18.1. The highest BCUT2D eigenvalue weighted by atomic mass is 79.9. The Balaban J connectivity index is 1.62. The number of carbonyl (C=O) groups is 1. The first-order valence-electron chi connectivity index (χ1n) is 8.13. The lowest BCUT2D eigenvalue weighted by molar-refractivity contribution is -0.121. The fraction of sp³-hybridized carbons (Fsp3) is 0.222. The monoisotopic (exact) mass is 416 g/mol. The lowest BCUT2D eigenvalue weighted by Crippen LogP contribution is -2.35. The van der Waals surface area contributed by atoms with E-state index < -0.39 is 5.69 Å². The molecule has 0 bridgehead atoms. The predicted octanol–water partition coefficient (Wildman–Crippen LogP) is 1.94. The number of hydrogen-bond donors (Lipinski definition) is 2. The summed E-state index contributed by atoms with van der Waals surface area (Å²) in [6, 6.07) is 10.6. The quantitative estimate of drug-likeness (QED) is 0.641. The van der Waals surface area contributed by atoms with Crippen molar-refractivity contribution in [1.29, 1.82) is 0 Å². The van der Waals surface area contributed by atoms with Gasteiger partial charge in [0.15, 0.2) is 0 Å². The number of hydrogen-bond acceptors (Lipinski definition) is 4. The Bertz CT molecular complexity index is 1040. The fourth-order valence-corrected chi connectivity index (χ4v) is 2.96. The highest BCUT2D eigenvalue weighted by molar-refractivity contribution is 9.10. The Labute approximate surface area is 157 Å². The minimum absolute atomic E-state index is 0.149. The van der Waals surface area contributed by atoms with Crippen molar-refractivity contribution in [2.75, 3.05) is 0 Å². The van der Waals surface area contributed by atoms with Crippen LogP contribution in [-0.4, -0.2) is 20.4 Å². The number of pyridine rings is 1. The molecule has 3 aromatic rings. The van der Waals surface area contributed by atoms with Crippen molar-refractivity contribution in [3.63, 3.8) is 0 Å². The minimum atomic E-state index is -0.473. The van der Waals surface area contributed by atoms with Crippen LogP contribution in [0.15, 0.2) is 56.7 Å². The lowest BCUT2D eigenvalue weighted by atomic mass is 10.2. The van der Waals surface area contributed by atoms with Crippen molar-refractivity contribution >= 4 is 32.7 Å². The molecule has 7 nitrogen and oxygen atoms in total. The molecule has 0 aliphatic heterocycles. The number of H-pyrrole nitrogens is 1. The van der Waals surface area contributed by atoms with Crippen LogP contribution in [0.4, 0.5) is 0 Å². The van der Waals surface area contributed by atoms with E-state index in [2.05, 4.69) is 31.2 Å². The van der Waals surface area contributed by atoms with Crippen LogP contribution in [0.1, 0.15) is 18.5 Å². The number of aromatic amines is 1. The number of nitrogens with zero attached hydrogens (tertiary/aromatic N) is 2. The van der Waals surface area contributed by atoms with Gasteiger partial charge in [0, 0.05) is 23.6 Å². The van der Waals surface area contributed by atoms with Crippen molar-refractivity contribution in [2.45, 2.75) is 25.9 Å². The topological polar surface area (TPSA) is 96.9 Å². The summed E-state index contributed by atoms with van der Waals surface area (Å²) >= 11 is 3.32. The van der Waals surface area contributed by atoms with E-state index in [0.29, 0.717) is 23.9 Å². The molecule has 0 saturated heterocycles. The molecule has 2 aromatic heterocycles. The zero-order valence-electron chi connectivity index (χ0n) is 13.9. The van der Waals surface area contributed by atoms with E-state index in [9.17, 15) is 14.4 Å². The minimum Gasteiger partial charge on any atom is -0.350 e. The van der Waals surface area contributed by atoms with E-state index in [-0.39, 0.29) is 24.4 Å². The number of aromatic nitrogens is 3. The maximum absolute atomic E-state index is 12.5. The van der Waals surface area contributed by atoms with Crippen LogP contribution in [0.5, 0.6) is 0 Å². The summed E-state index contributed by atoms with van der Waals surface area (Å²) in [7, 11) is 0. The summed E-state index contributed by atoms with van der Waals surface area (Å²) in [6.07, 6.45) is 2.27. The van der Waals surface area contributed by atoms with Gasteiger partial charge in [0.1, 0.15) is 0 Å². The van der Waals surface area contributed by atoms with Crippen LogP contribution >= 0.6 is 15.9 Å². The lowest BCUT2D eigenvalue weighted by Gasteiger charge is -2.07. The van der Waals surface area contributed by atoms with E-state index in [1.54, 1.807) is 24.4 Å². The molecule has 0 aliphatic carbocycles. The molecule has 26 heavy (non-hydrogen) atoms. The van der Waals surface area contributed by atoms with Crippen LogP contribution in [0.3, 0.4) is 0 Å². The van der Waals surface area contributed by atoms with E-state index >= 15 is 0 Å². The van der Waals surface area contributed by atoms with Gasteiger partial charge in [-0.15, -0.1) is 0 Å². The molecule has 0 spiro atoms. The molecule has 0 radical (unpaired) electrons. The Hall–Kier alpha value is -2.74. The van der Waals surface area contributed by atoms with Crippen LogP contribution in [-0.2, 0) is 17.9 Å². The standard InChI is InChI=1S/C18H17BrN4O3/c19-12-6-7-15-14(10-12)17(25)23(18(26)22-15)9-3-5-16(24)21-11-13-4-1-2-8-20-13/h1-2,4,6-8,10H,3,5,9,11H2,(H,21,24)(H,22,26). The third-order valence-corrected chi connectivity index (χ3v) is 4.42. The maximum Gasteiger partial charge on any atom is 0.328 e. The molecule has 8 heteroatoms. The normalized spacial score (nSPS) is 10.8. The number of carbonyl (C=O) groups excluding carboxylic acids is 1. The molecule has 2 N–H and O–H groups in total. The van der Waals surface area contributed by atoms with Crippen LogP contribution in [0.25, 0.3) is 10.9 Å². The number of rotatable bonds is 6. The highest BCUT2D eigenvalue weighted by Gasteiger charge is 2.09. The molecule has 2 heterocycles. The van der Waals surface area contributed by atoms with Crippen molar-refractivity contribution in [2.24, 2.45) is 0 Å². The third kappa shape index (κ3) is 4.26. The van der Waals surface area contributed by atoms with Gasteiger partial charge in [0.05, 0.1) is 23.1 Å². The molecular formula is C18H17BrN4O3. The van der Waals surface area contributed by atoms with Gasteiger partial charge in [-0.25, -0.2) is 4.79 Å². The average molecular weight is 417 g/mol. The SMILES string of the molecule is O=C(CCCn1c(=O)[nH]c2ccc(Br)cc2c1=O)NCc1ccccn1. The second-order valence-electron chi connectivity index (χ2n) is 5.78. The van der Waals surface area contributed by atoms with Gasteiger partial charge in [0.25, 0.3) is 5.56 Å². The molecule has 0 unspecified atom stereocenters. The van der Waals surface area contributed by atoms with Crippen LogP contribution < -0.4 is 16.6 Å². The van der Waals surface area contributed by atoms with Crippen molar-refractivity contribution < 1.29 is 4.79 Å². The molecular weight excluding hydrogens is 400 g/mol. The van der Waals surface area contributed by atoms with Gasteiger partial charge in [-0.3, -0.25) is 19.1 Å². The molecule has 0 saturated carbocycles. The highest BCUT2D eigenvalue weighted by Crippen LogP contribution is 2.14. The van der Waals surface area contributed by atoms with E-state index in [4.69, 9.17) is 0 Å². The molecule has 3 rings (SSSR count). The van der Waals surface area contributed by atoms with E-state index in [1.165, 1.54) is 0 Å². The molecule has 1 amide bonds. The summed E-state index contributed by atoms with van der Waals surface area (Å²) in [6.45, 7) is 0.526. The van der Waals surface area contributed by atoms with Crippen LogP contribution in [0, 0.1) is 0 Å². The number of halogens is 1. The van der Waals surface area contributed by atoms with Gasteiger partial charge in [-0.2, -0.15) is 0 Å². The second-order valence-corrected chi connectivity index (χ2v) is 6.69. The Morgan fingerprint density at radius 3 is 2.85 bits per heavy atom. The van der Waals surface area contributed by atoms with Crippen molar-refractivity contribution in [1.82, 2.24) is 19.9 Å². The second kappa shape index (κ2) is 8.09. The average Bonchev–Trinajstić information content (AvgIpc) is 2.64. The maximum atomic E-state index is 12.5. The van der Waals surface area contributed by atoms with E-state index in [0.717, 1.165) is 14.7 Å². The zero-order chi connectivity index (χ0) is 18.5. The smallest absolute Gasteiger partial charge is 0.328 e. The predicted molar refractivity (Wildman–Crippen MR) is 102 cm³/mol. The molecule has 0 aliphatic rings. The van der Waals surface area contributed by atoms with Gasteiger partial charge in [-0.05, 0) is 36.8 Å². The third-order valence-electron chi connectivity index (χ3n) is 3.92. The molecule has 0 fully saturated rings. The summed E-state index contributed by atoms with van der Waals surface area (Å²) in [5.41, 5.74) is 0.429. The Morgan fingerprint density at radius 2 is 2.08 bits per heavy atom. The first-order valence-corrected chi connectivity index (χ1v) is 8.93. The number of amides is 1. The largest absolute Gasteiger partial charge is 0.350 e. The van der Waals surface area contributed by atoms with Gasteiger partial charge in [0.2, 0.25) is 5.91 Å². The summed E-state index contributed by atoms with van der Waals surface area (Å²) in [4.78, 5) is 43.3. The molecule has 134 valence electrons. The fourth-order valence-electron chi connectivity index (χ4n) is 2.60. The van der Waals surface area contributed by atoms with Crippen molar-refractivity contribution in [3.8, 4) is 0 Å². The number of fused-ring (bicyclic) bond motifs is 1. The molecule has 0 atom stereocenters.